The topological polar surface area (TPSA) is 71.5 Å². The van der Waals surface area contributed by atoms with Crippen molar-refractivity contribution in [3.63, 3.8) is 0 Å². The maximum absolute atomic E-state index is 13.3. The molecule has 2 N–H and O–H groups in total. The predicted molar refractivity (Wildman–Crippen MR) is 127 cm³/mol. The van der Waals surface area contributed by atoms with Crippen molar-refractivity contribution < 1.29 is 19.0 Å². The second-order valence-electron chi connectivity index (χ2n) is 8.49. The molecular formula is C27H25FN2O3. The number of fused-ring (bicyclic) bond motifs is 1. The third-order valence-corrected chi connectivity index (χ3v) is 5.81. The van der Waals surface area contributed by atoms with Crippen LogP contribution in [0.1, 0.15) is 37.9 Å². The first-order chi connectivity index (χ1) is 15.8. The smallest absolute Gasteiger partial charge is 0.313 e. The fraction of sp³-hybridized carbons (Fsp3) is 0.185. The summed E-state index contributed by atoms with van der Waals surface area (Å²) in [6.07, 6.45) is 1.73. The summed E-state index contributed by atoms with van der Waals surface area (Å²) in [6, 6.07) is 21.0. The van der Waals surface area contributed by atoms with Crippen molar-refractivity contribution in [2.45, 2.75) is 32.2 Å². The molecule has 4 aromatic rings. The van der Waals surface area contributed by atoms with Crippen LogP contribution >= 0.6 is 0 Å². The summed E-state index contributed by atoms with van der Waals surface area (Å²) in [6.45, 7) is 5.39. The molecule has 0 saturated heterocycles. The number of anilines is 1. The molecule has 0 aliphatic heterocycles. The van der Waals surface area contributed by atoms with Gasteiger partial charge in [-0.3, -0.25) is 4.79 Å². The Kier molecular flexibility index (Phi) is 6.01. The lowest BCUT2D eigenvalue weighted by molar-refractivity contribution is -0.142. The van der Waals surface area contributed by atoms with Gasteiger partial charge in [-0.1, -0.05) is 36.4 Å². The Bertz CT molecular complexity index is 1280. The monoisotopic (exact) mass is 444 g/mol. The molecule has 0 bridgehead atoms. The average Bonchev–Trinajstić information content (AvgIpc) is 2.81. The van der Waals surface area contributed by atoms with E-state index in [-0.39, 0.29) is 11.9 Å². The number of carboxylic acids is 1. The lowest BCUT2D eigenvalue weighted by Crippen LogP contribution is -2.28. The van der Waals surface area contributed by atoms with Crippen molar-refractivity contribution in [1.82, 2.24) is 4.98 Å². The van der Waals surface area contributed by atoms with E-state index in [1.807, 2.05) is 55.5 Å². The van der Waals surface area contributed by atoms with Gasteiger partial charge in [0, 0.05) is 12.2 Å². The number of aliphatic carboxylic acids is 1. The summed E-state index contributed by atoms with van der Waals surface area (Å²) in [7, 11) is 0. The Labute approximate surface area is 191 Å². The molecule has 168 valence electrons. The van der Waals surface area contributed by atoms with Gasteiger partial charge in [0.05, 0.1) is 10.8 Å². The van der Waals surface area contributed by atoms with Crippen molar-refractivity contribution in [2.24, 2.45) is 0 Å². The van der Waals surface area contributed by atoms with Gasteiger partial charge in [0.2, 0.25) is 0 Å². The van der Waals surface area contributed by atoms with Crippen LogP contribution in [0.25, 0.3) is 10.8 Å². The molecule has 0 radical (unpaired) electrons. The maximum atomic E-state index is 13.3. The van der Waals surface area contributed by atoms with Gasteiger partial charge in [0.1, 0.15) is 23.1 Å². The number of carboxylic acid groups (broad SMARTS) is 1. The summed E-state index contributed by atoms with van der Waals surface area (Å²) in [5, 5.41) is 14.7. The number of benzene rings is 3. The second kappa shape index (κ2) is 8.90. The van der Waals surface area contributed by atoms with Crippen LogP contribution in [0.4, 0.5) is 10.2 Å². The van der Waals surface area contributed by atoms with E-state index < -0.39 is 11.4 Å². The second-order valence-corrected chi connectivity index (χ2v) is 8.49. The van der Waals surface area contributed by atoms with Gasteiger partial charge in [-0.2, -0.15) is 0 Å². The first-order valence-electron chi connectivity index (χ1n) is 10.7. The predicted octanol–water partition coefficient (Wildman–Crippen LogP) is 6.70. The van der Waals surface area contributed by atoms with Crippen LogP contribution < -0.4 is 10.1 Å². The van der Waals surface area contributed by atoms with E-state index in [0.29, 0.717) is 17.3 Å². The van der Waals surface area contributed by atoms with Crippen molar-refractivity contribution in [2.75, 3.05) is 5.32 Å². The van der Waals surface area contributed by atoms with E-state index in [4.69, 9.17) is 4.74 Å². The first kappa shape index (κ1) is 22.3. The molecule has 0 fully saturated rings. The molecule has 3 aromatic carbocycles. The SMILES string of the molecule is C[C@H](Nc1nccc2cccc(Oc3ccc(F)cc3)c12)c1ccc(C(C)(C)C(=O)O)cc1. The zero-order valence-corrected chi connectivity index (χ0v) is 18.7. The van der Waals surface area contributed by atoms with Gasteiger partial charge in [-0.05, 0) is 73.7 Å². The van der Waals surface area contributed by atoms with Gasteiger partial charge < -0.3 is 15.2 Å². The summed E-state index contributed by atoms with van der Waals surface area (Å²) >= 11 is 0. The van der Waals surface area contributed by atoms with E-state index in [9.17, 15) is 14.3 Å². The highest BCUT2D eigenvalue weighted by atomic mass is 19.1. The van der Waals surface area contributed by atoms with Crippen LogP contribution in [0.15, 0.2) is 79.0 Å². The summed E-state index contributed by atoms with van der Waals surface area (Å²) in [4.78, 5) is 16.1. The number of nitrogens with one attached hydrogen (secondary N) is 1. The number of hydrogen-bond acceptors (Lipinski definition) is 4. The van der Waals surface area contributed by atoms with Crippen molar-refractivity contribution in [3.8, 4) is 11.5 Å². The third kappa shape index (κ3) is 4.65. The van der Waals surface area contributed by atoms with E-state index in [1.165, 1.54) is 12.1 Å². The molecule has 1 heterocycles. The highest BCUT2D eigenvalue weighted by Gasteiger charge is 2.29. The molecule has 0 spiro atoms. The third-order valence-electron chi connectivity index (χ3n) is 5.81. The Morgan fingerprint density at radius 2 is 1.73 bits per heavy atom. The van der Waals surface area contributed by atoms with E-state index in [2.05, 4.69) is 10.3 Å². The minimum Gasteiger partial charge on any atom is -0.481 e. The molecular weight excluding hydrogens is 419 g/mol. The number of hydrogen-bond donors (Lipinski definition) is 2. The fourth-order valence-corrected chi connectivity index (χ4v) is 3.62. The molecule has 0 amide bonds. The fourth-order valence-electron chi connectivity index (χ4n) is 3.62. The summed E-state index contributed by atoms with van der Waals surface area (Å²) in [5.74, 6) is 0.613. The molecule has 6 heteroatoms. The van der Waals surface area contributed by atoms with Gasteiger partial charge in [-0.15, -0.1) is 0 Å². The Hall–Kier alpha value is -3.93. The minimum absolute atomic E-state index is 0.0935. The number of carbonyl (C=O) groups is 1. The summed E-state index contributed by atoms with van der Waals surface area (Å²) < 4.78 is 19.3. The van der Waals surface area contributed by atoms with Gasteiger partial charge in [0.15, 0.2) is 0 Å². The number of halogens is 1. The zero-order valence-electron chi connectivity index (χ0n) is 18.7. The molecule has 0 unspecified atom stereocenters. The van der Waals surface area contributed by atoms with Crippen LogP contribution in [0, 0.1) is 5.82 Å². The van der Waals surface area contributed by atoms with Crippen molar-refractivity contribution in [1.29, 1.82) is 0 Å². The largest absolute Gasteiger partial charge is 0.481 e. The van der Waals surface area contributed by atoms with Gasteiger partial charge >= 0.3 is 5.97 Å². The van der Waals surface area contributed by atoms with Crippen LogP contribution in [0.2, 0.25) is 0 Å². The molecule has 0 saturated carbocycles. The van der Waals surface area contributed by atoms with Crippen LogP contribution in [-0.2, 0) is 10.2 Å². The highest BCUT2D eigenvalue weighted by molar-refractivity contribution is 5.97. The van der Waals surface area contributed by atoms with E-state index >= 15 is 0 Å². The Morgan fingerprint density at radius 1 is 1.03 bits per heavy atom. The van der Waals surface area contributed by atoms with Gasteiger partial charge in [-0.25, -0.2) is 9.37 Å². The summed E-state index contributed by atoms with van der Waals surface area (Å²) in [5.41, 5.74) is 0.777. The molecule has 1 atom stereocenters. The number of ether oxygens (including phenoxy) is 1. The zero-order chi connectivity index (χ0) is 23.6. The number of aromatic nitrogens is 1. The lowest BCUT2D eigenvalue weighted by atomic mass is 9.84. The molecule has 5 nitrogen and oxygen atoms in total. The van der Waals surface area contributed by atoms with Crippen molar-refractivity contribution >= 4 is 22.6 Å². The minimum atomic E-state index is -0.959. The molecule has 4 rings (SSSR count). The van der Waals surface area contributed by atoms with Crippen LogP contribution in [0.5, 0.6) is 11.5 Å². The number of pyridine rings is 1. The van der Waals surface area contributed by atoms with E-state index in [0.717, 1.165) is 21.9 Å². The maximum Gasteiger partial charge on any atom is 0.313 e. The Balaban J connectivity index is 1.63. The standard InChI is InChI=1S/C27H25FN2O3/c1-17(18-7-9-20(10-8-18)27(2,3)26(31)32)30-25-24-19(15-16-29-25)5-4-6-23(24)33-22-13-11-21(28)12-14-22/h4-17H,1-3H3,(H,29,30)(H,31,32)/t17-/m0/s1. The Morgan fingerprint density at radius 3 is 2.39 bits per heavy atom. The molecule has 1 aromatic heterocycles. The van der Waals surface area contributed by atoms with Crippen molar-refractivity contribution in [3.05, 3.63) is 95.9 Å². The van der Waals surface area contributed by atoms with E-state index in [1.54, 1.807) is 32.2 Å². The highest BCUT2D eigenvalue weighted by Crippen LogP contribution is 2.35. The quantitative estimate of drug-likeness (QED) is 0.332. The molecule has 33 heavy (non-hydrogen) atoms. The number of nitrogens with zero attached hydrogens (tertiary/aromatic N) is 1. The van der Waals surface area contributed by atoms with Crippen LogP contribution in [0.3, 0.4) is 0 Å². The molecule has 0 aliphatic rings. The van der Waals surface area contributed by atoms with Crippen LogP contribution in [-0.4, -0.2) is 16.1 Å². The normalized spacial score (nSPS) is 12.4. The van der Waals surface area contributed by atoms with Gasteiger partial charge in [0.25, 0.3) is 0 Å². The average molecular weight is 445 g/mol. The number of rotatable bonds is 7. The lowest BCUT2D eigenvalue weighted by Gasteiger charge is -2.22. The first-order valence-corrected chi connectivity index (χ1v) is 10.7. The molecule has 0 aliphatic carbocycles.